The molecule has 1 saturated heterocycles. The van der Waals surface area contributed by atoms with E-state index in [9.17, 15) is 9.59 Å². The molecule has 1 N–H and O–H groups in total. The molecule has 0 bridgehead atoms. The van der Waals surface area contributed by atoms with Gasteiger partial charge in [-0.3, -0.25) is 9.59 Å². The smallest absolute Gasteiger partial charge is 0.264 e. The number of aryl methyl sites for hydroxylation is 1. The predicted molar refractivity (Wildman–Crippen MR) is 83.6 cm³/mol. The van der Waals surface area contributed by atoms with Crippen LogP contribution >= 0.6 is 11.3 Å². The normalized spacial score (nSPS) is 25.4. The van der Waals surface area contributed by atoms with Gasteiger partial charge in [-0.2, -0.15) is 0 Å². The molecule has 1 fully saturated rings. The van der Waals surface area contributed by atoms with Gasteiger partial charge in [0.2, 0.25) is 5.91 Å². The minimum atomic E-state index is -0.315. The quantitative estimate of drug-likeness (QED) is 0.911. The van der Waals surface area contributed by atoms with Gasteiger partial charge >= 0.3 is 0 Å². The fraction of sp³-hybridized carbons (Fsp3) is 0.625. The summed E-state index contributed by atoms with van der Waals surface area (Å²) >= 11 is 1.63. The van der Waals surface area contributed by atoms with Crippen molar-refractivity contribution in [3.8, 4) is 0 Å². The largest absolute Gasteiger partial charge is 0.353 e. The summed E-state index contributed by atoms with van der Waals surface area (Å²) in [6.45, 7) is 5.40. The van der Waals surface area contributed by atoms with Crippen LogP contribution in [0.4, 0.5) is 0 Å². The summed E-state index contributed by atoms with van der Waals surface area (Å²) in [6, 6.07) is 1.75. The molecule has 0 aromatic carbocycles. The number of nitrogens with one attached hydrogen (secondary N) is 1. The molecule has 3 rings (SSSR count). The van der Waals surface area contributed by atoms with Gasteiger partial charge in [0.15, 0.2) is 0 Å². The van der Waals surface area contributed by atoms with Gasteiger partial charge in [0.25, 0.3) is 5.91 Å². The maximum atomic E-state index is 12.8. The second-order valence-corrected chi connectivity index (χ2v) is 7.26. The lowest BCUT2D eigenvalue weighted by Gasteiger charge is -2.34. The van der Waals surface area contributed by atoms with E-state index in [1.807, 2.05) is 6.92 Å². The molecule has 2 heterocycles. The summed E-state index contributed by atoms with van der Waals surface area (Å²) in [5.41, 5.74) is 1.34. The lowest BCUT2D eigenvalue weighted by molar-refractivity contribution is -0.127. The Morgan fingerprint density at radius 3 is 3.10 bits per heavy atom. The van der Waals surface area contributed by atoms with Crippen molar-refractivity contribution in [2.45, 2.75) is 45.6 Å². The number of hydrogen-bond donors (Lipinski definition) is 1. The first kappa shape index (κ1) is 14.6. The number of nitrogens with zero attached hydrogens (tertiary/aromatic N) is 1. The zero-order valence-corrected chi connectivity index (χ0v) is 13.5. The average molecular weight is 306 g/mol. The molecule has 1 aliphatic heterocycles. The van der Waals surface area contributed by atoms with Crippen LogP contribution in [0, 0.1) is 5.92 Å². The Kier molecular flexibility index (Phi) is 4.02. The van der Waals surface area contributed by atoms with E-state index in [0.29, 0.717) is 25.4 Å². The van der Waals surface area contributed by atoms with E-state index in [2.05, 4.69) is 18.3 Å². The third-order valence-electron chi connectivity index (χ3n) is 4.52. The number of fused-ring (bicyclic) bond motifs is 1. The zero-order valence-electron chi connectivity index (χ0n) is 12.6. The van der Waals surface area contributed by atoms with Crippen LogP contribution in [0.1, 0.15) is 46.8 Å². The van der Waals surface area contributed by atoms with Crippen LogP contribution in [-0.4, -0.2) is 35.8 Å². The molecule has 5 heteroatoms. The maximum Gasteiger partial charge on any atom is 0.264 e. The van der Waals surface area contributed by atoms with E-state index < -0.39 is 0 Å². The highest BCUT2D eigenvalue weighted by Crippen LogP contribution is 2.33. The van der Waals surface area contributed by atoms with E-state index in [4.69, 9.17) is 0 Å². The Morgan fingerprint density at radius 1 is 1.52 bits per heavy atom. The lowest BCUT2D eigenvalue weighted by Crippen LogP contribution is -2.56. The molecule has 1 aromatic rings. The molecule has 0 saturated carbocycles. The molecule has 2 aliphatic rings. The second kappa shape index (κ2) is 5.79. The number of carbonyl (C=O) groups excluding carboxylic acids is 2. The summed E-state index contributed by atoms with van der Waals surface area (Å²) in [5.74, 6) is 0.718. The Bertz CT molecular complexity index is 567. The molecule has 114 valence electrons. The molecule has 4 nitrogen and oxygen atoms in total. The molecule has 1 aliphatic carbocycles. The lowest BCUT2D eigenvalue weighted by atomic mass is 9.90. The third kappa shape index (κ3) is 2.71. The number of hydrogen-bond acceptors (Lipinski definition) is 3. The summed E-state index contributed by atoms with van der Waals surface area (Å²) in [6.07, 6.45) is 4.05. The summed E-state index contributed by atoms with van der Waals surface area (Å²) in [4.78, 5) is 28.6. The second-order valence-electron chi connectivity index (χ2n) is 6.12. The number of amides is 2. The molecule has 1 aromatic heterocycles. The van der Waals surface area contributed by atoms with Crippen molar-refractivity contribution in [3.63, 3.8) is 0 Å². The van der Waals surface area contributed by atoms with Crippen LogP contribution in [-0.2, 0) is 17.6 Å². The third-order valence-corrected chi connectivity index (χ3v) is 5.74. The van der Waals surface area contributed by atoms with Gasteiger partial charge in [-0.25, -0.2) is 0 Å². The van der Waals surface area contributed by atoms with Gasteiger partial charge in [0.05, 0.1) is 4.88 Å². The summed E-state index contributed by atoms with van der Waals surface area (Å²) in [7, 11) is 0. The molecular weight excluding hydrogens is 284 g/mol. The first-order valence-electron chi connectivity index (χ1n) is 7.80. The molecule has 2 unspecified atom stereocenters. The van der Waals surface area contributed by atoms with E-state index in [-0.39, 0.29) is 17.9 Å². The van der Waals surface area contributed by atoms with Crippen LogP contribution in [0.3, 0.4) is 0 Å². The monoisotopic (exact) mass is 306 g/mol. The molecular formula is C16H22N2O2S. The van der Waals surface area contributed by atoms with E-state index >= 15 is 0 Å². The summed E-state index contributed by atoms with van der Waals surface area (Å²) < 4.78 is 0. The standard InChI is InChI=1S/C16H22N2O2S/c1-3-12-15(19)17-6-7-18(12)16(20)14-9-11-8-10(2)4-5-13(11)21-14/h9-10,12H,3-8H2,1-2H3,(H,17,19). The number of rotatable bonds is 2. The molecule has 2 amide bonds. The highest BCUT2D eigenvalue weighted by molar-refractivity contribution is 7.14. The zero-order chi connectivity index (χ0) is 15.0. The van der Waals surface area contributed by atoms with Crippen molar-refractivity contribution in [3.05, 3.63) is 21.4 Å². The SMILES string of the molecule is CCC1C(=O)NCCN1C(=O)c1cc2c(s1)CCC(C)C2. The highest BCUT2D eigenvalue weighted by atomic mass is 32.1. The molecule has 0 radical (unpaired) electrons. The van der Waals surface area contributed by atoms with Gasteiger partial charge in [-0.05, 0) is 43.2 Å². The Balaban J connectivity index is 1.83. The fourth-order valence-electron chi connectivity index (χ4n) is 3.32. The predicted octanol–water partition coefficient (Wildman–Crippen LogP) is 2.22. The molecule has 2 atom stereocenters. The van der Waals surface area contributed by atoms with Gasteiger partial charge in [0, 0.05) is 18.0 Å². The molecule has 21 heavy (non-hydrogen) atoms. The van der Waals surface area contributed by atoms with Gasteiger partial charge in [-0.15, -0.1) is 11.3 Å². The Labute approximate surface area is 129 Å². The number of piperazine rings is 1. The summed E-state index contributed by atoms with van der Waals surface area (Å²) in [5, 5.41) is 2.84. The fourth-order valence-corrected chi connectivity index (χ4v) is 4.48. The van der Waals surface area contributed by atoms with E-state index in [1.165, 1.54) is 16.9 Å². The number of carbonyl (C=O) groups is 2. The Hall–Kier alpha value is -1.36. The minimum Gasteiger partial charge on any atom is -0.353 e. The van der Waals surface area contributed by atoms with Gasteiger partial charge < -0.3 is 10.2 Å². The van der Waals surface area contributed by atoms with Crippen LogP contribution in [0.5, 0.6) is 0 Å². The van der Waals surface area contributed by atoms with Crippen LogP contribution in [0.25, 0.3) is 0 Å². The van der Waals surface area contributed by atoms with Crippen LogP contribution in [0.2, 0.25) is 0 Å². The number of thiophene rings is 1. The van der Waals surface area contributed by atoms with Crippen molar-refractivity contribution in [2.24, 2.45) is 5.92 Å². The topological polar surface area (TPSA) is 49.4 Å². The van der Waals surface area contributed by atoms with Crippen molar-refractivity contribution in [2.75, 3.05) is 13.1 Å². The molecule has 0 spiro atoms. The minimum absolute atomic E-state index is 0.0213. The Morgan fingerprint density at radius 2 is 2.33 bits per heavy atom. The van der Waals surface area contributed by atoms with Crippen molar-refractivity contribution >= 4 is 23.2 Å². The van der Waals surface area contributed by atoms with Gasteiger partial charge in [-0.1, -0.05) is 13.8 Å². The van der Waals surface area contributed by atoms with Crippen LogP contribution in [0.15, 0.2) is 6.07 Å². The van der Waals surface area contributed by atoms with E-state index in [0.717, 1.165) is 17.7 Å². The van der Waals surface area contributed by atoms with Gasteiger partial charge in [0.1, 0.15) is 6.04 Å². The highest BCUT2D eigenvalue weighted by Gasteiger charge is 2.33. The first-order chi connectivity index (χ1) is 10.1. The average Bonchev–Trinajstić information content (AvgIpc) is 2.89. The van der Waals surface area contributed by atoms with Crippen LogP contribution < -0.4 is 5.32 Å². The van der Waals surface area contributed by atoms with Crippen molar-refractivity contribution in [1.82, 2.24) is 10.2 Å². The maximum absolute atomic E-state index is 12.8. The van der Waals surface area contributed by atoms with Crippen molar-refractivity contribution < 1.29 is 9.59 Å². The van der Waals surface area contributed by atoms with E-state index in [1.54, 1.807) is 16.2 Å². The first-order valence-corrected chi connectivity index (χ1v) is 8.62. The van der Waals surface area contributed by atoms with Crippen molar-refractivity contribution in [1.29, 1.82) is 0 Å².